The van der Waals surface area contributed by atoms with Crippen LogP contribution in [0, 0.1) is 18.3 Å². The first-order chi connectivity index (χ1) is 18.9. The van der Waals surface area contributed by atoms with Crippen molar-refractivity contribution in [2.75, 3.05) is 25.3 Å². The SMILES string of the molecule is CCCCn1c(NCc2ccc3c(c2)OCO3)c(/C=C2/SC(=S)N(CC3CCCO3)C2=O)c(C)c(C#N)c1=O. The summed E-state index contributed by atoms with van der Waals surface area (Å²) < 4.78 is 18.7. The van der Waals surface area contributed by atoms with E-state index in [9.17, 15) is 14.9 Å². The number of nitrogens with one attached hydrogen (secondary N) is 1. The van der Waals surface area contributed by atoms with Gasteiger partial charge in [0, 0.05) is 25.3 Å². The molecule has 1 amide bonds. The summed E-state index contributed by atoms with van der Waals surface area (Å²) in [6.07, 6.45) is 5.25. The topological polar surface area (TPSA) is 106 Å². The van der Waals surface area contributed by atoms with Crippen LogP contribution in [0.15, 0.2) is 27.9 Å². The highest BCUT2D eigenvalue weighted by Crippen LogP contribution is 2.36. The third-order valence-electron chi connectivity index (χ3n) is 7.07. The van der Waals surface area contributed by atoms with Crippen molar-refractivity contribution >= 4 is 46.1 Å². The number of anilines is 1. The smallest absolute Gasteiger partial charge is 0.270 e. The standard InChI is InChI=1S/C28H30N4O5S2/c1-3-4-9-31-25(30-14-18-7-8-22-23(11-18)37-16-36-22)20(17(2)21(13-29)26(31)33)12-24-27(34)32(28(38)39-24)15-19-6-5-10-35-19/h7-8,11-12,19,30H,3-6,9-10,14-16H2,1-2H3/b24-12+. The average molecular weight is 567 g/mol. The Hall–Kier alpha value is -3.33. The Morgan fingerprint density at radius 3 is 2.85 bits per heavy atom. The van der Waals surface area contributed by atoms with E-state index < -0.39 is 0 Å². The maximum Gasteiger partial charge on any atom is 0.270 e. The monoisotopic (exact) mass is 566 g/mol. The Labute approximate surface area is 236 Å². The molecule has 0 bridgehead atoms. The quantitative estimate of drug-likeness (QED) is 0.346. The van der Waals surface area contributed by atoms with Gasteiger partial charge in [0.2, 0.25) is 6.79 Å². The van der Waals surface area contributed by atoms with Gasteiger partial charge in [0.15, 0.2) is 11.5 Å². The van der Waals surface area contributed by atoms with Crippen LogP contribution in [0.5, 0.6) is 11.5 Å². The molecule has 0 saturated carbocycles. The van der Waals surface area contributed by atoms with Crippen LogP contribution < -0.4 is 20.3 Å². The lowest BCUT2D eigenvalue weighted by molar-refractivity contribution is -0.123. The average Bonchev–Trinajstić information content (AvgIpc) is 3.67. The molecule has 204 valence electrons. The number of thiocarbonyl (C=S) groups is 1. The number of aromatic nitrogens is 1. The normalized spacial score (nSPS) is 19.3. The number of carbonyl (C=O) groups excluding carboxylic acids is 1. The zero-order valence-electron chi connectivity index (χ0n) is 22.0. The number of nitriles is 1. The molecule has 3 aliphatic heterocycles. The van der Waals surface area contributed by atoms with Crippen LogP contribution in [0.4, 0.5) is 5.82 Å². The number of amides is 1. The predicted molar refractivity (Wildman–Crippen MR) is 154 cm³/mol. The van der Waals surface area contributed by atoms with Gasteiger partial charge in [-0.2, -0.15) is 5.26 Å². The lowest BCUT2D eigenvalue weighted by Gasteiger charge is -2.20. The van der Waals surface area contributed by atoms with Crippen LogP contribution in [0.25, 0.3) is 6.08 Å². The highest BCUT2D eigenvalue weighted by molar-refractivity contribution is 8.26. The first kappa shape index (κ1) is 27.2. The van der Waals surface area contributed by atoms with Gasteiger partial charge in [-0.25, -0.2) is 0 Å². The van der Waals surface area contributed by atoms with Crippen molar-refractivity contribution in [1.82, 2.24) is 9.47 Å². The number of nitrogens with zero attached hydrogens (tertiary/aromatic N) is 3. The minimum absolute atomic E-state index is 0.0198. The number of ether oxygens (including phenoxy) is 3. The van der Waals surface area contributed by atoms with Crippen molar-refractivity contribution in [3.63, 3.8) is 0 Å². The molecule has 1 N–H and O–H groups in total. The summed E-state index contributed by atoms with van der Waals surface area (Å²) >= 11 is 6.78. The van der Waals surface area contributed by atoms with Crippen molar-refractivity contribution in [2.45, 2.75) is 58.7 Å². The van der Waals surface area contributed by atoms with E-state index in [2.05, 4.69) is 11.4 Å². The van der Waals surface area contributed by atoms with Crippen LogP contribution in [-0.4, -0.2) is 45.7 Å². The molecule has 1 unspecified atom stereocenters. The van der Waals surface area contributed by atoms with Gasteiger partial charge in [-0.3, -0.25) is 19.1 Å². The van der Waals surface area contributed by atoms with E-state index in [4.69, 9.17) is 26.4 Å². The van der Waals surface area contributed by atoms with E-state index >= 15 is 0 Å². The number of hydrogen-bond donors (Lipinski definition) is 1. The summed E-state index contributed by atoms with van der Waals surface area (Å²) in [5.41, 5.74) is 1.80. The summed E-state index contributed by atoms with van der Waals surface area (Å²) in [5, 5.41) is 13.3. The number of pyridine rings is 1. The van der Waals surface area contributed by atoms with Gasteiger partial charge in [0.1, 0.15) is 21.8 Å². The fourth-order valence-electron chi connectivity index (χ4n) is 4.90. The molecule has 1 aromatic heterocycles. The number of thioether (sulfide) groups is 1. The van der Waals surface area contributed by atoms with Gasteiger partial charge in [-0.15, -0.1) is 0 Å². The van der Waals surface area contributed by atoms with E-state index in [0.29, 0.717) is 63.9 Å². The second kappa shape index (κ2) is 11.8. The number of benzene rings is 1. The number of hydrogen-bond acceptors (Lipinski definition) is 9. The third kappa shape index (κ3) is 5.55. The molecular formula is C28H30N4O5S2. The van der Waals surface area contributed by atoms with Crippen LogP contribution in [0.1, 0.15) is 54.9 Å². The van der Waals surface area contributed by atoms with Gasteiger partial charge in [0.05, 0.1) is 17.6 Å². The summed E-state index contributed by atoms with van der Waals surface area (Å²) in [6.45, 7) is 5.94. The molecule has 5 rings (SSSR count). The minimum atomic E-state index is -0.347. The molecule has 2 fully saturated rings. The minimum Gasteiger partial charge on any atom is -0.454 e. The van der Waals surface area contributed by atoms with Crippen LogP contribution in [0.2, 0.25) is 0 Å². The van der Waals surface area contributed by atoms with Crippen molar-refractivity contribution in [2.24, 2.45) is 0 Å². The van der Waals surface area contributed by atoms with Crippen molar-refractivity contribution in [3.05, 3.63) is 55.7 Å². The Morgan fingerprint density at radius 2 is 2.10 bits per heavy atom. The van der Waals surface area contributed by atoms with Gasteiger partial charge >= 0.3 is 0 Å². The zero-order chi connectivity index (χ0) is 27.5. The largest absolute Gasteiger partial charge is 0.454 e. The number of fused-ring (bicyclic) bond motifs is 1. The molecule has 9 nitrogen and oxygen atoms in total. The third-order valence-corrected chi connectivity index (χ3v) is 8.44. The first-order valence-electron chi connectivity index (χ1n) is 13.1. The number of rotatable bonds is 9. The van der Waals surface area contributed by atoms with Crippen LogP contribution >= 0.6 is 24.0 Å². The van der Waals surface area contributed by atoms with E-state index in [1.54, 1.807) is 22.5 Å². The second-order valence-electron chi connectivity index (χ2n) is 9.65. The second-order valence-corrected chi connectivity index (χ2v) is 11.3. The molecule has 0 spiro atoms. The van der Waals surface area contributed by atoms with E-state index in [1.807, 2.05) is 25.1 Å². The van der Waals surface area contributed by atoms with Gasteiger partial charge in [-0.05, 0) is 55.5 Å². The molecule has 2 aromatic rings. The molecule has 1 atom stereocenters. The zero-order valence-corrected chi connectivity index (χ0v) is 23.6. The fourth-order valence-corrected chi connectivity index (χ4v) is 6.16. The summed E-state index contributed by atoms with van der Waals surface area (Å²) in [4.78, 5) is 28.9. The van der Waals surface area contributed by atoms with Crippen LogP contribution in [0.3, 0.4) is 0 Å². The number of unbranched alkanes of at least 4 members (excludes halogenated alkanes) is 1. The molecule has 2 saturated heterocycles. The predicted octanol–water partition coefficient (Wildman–Crippen LogP) is 4.55. The van der Waals surface area contributed by atoms with Gasteiger partial charge in [-0.1, -0.05) is 43.4 Å². The van der Waals surface area contributed by atoms with Crippen molar-refractivity contribution in [1.29, 1.82) is 5.26 Å². The fraction of sp³-hybridized carbons (Fsp3) is 0.429. The summed E-state index contributed by atoms with van der Waals surface area (Å²) in [5.74, 6) is 1.74. The Kier molecular flexibility index (Phi) is 8.26. The van der Waals surface area contributed by atoms with Gasteiger partial charge in [0.25, 0.3) is 11.5 Å². The van der Waals surface area contributed by atoms with E-state index in [1.165, 1.54) is 11.8 Å². The molecule has 4 heterocycles. The molecule has 39 heavy (non-hydrogen) atoms. The summed E-state index contributed by atoms with van der Waals surface area (Å²) in [7, 11) is 0. The lowest BCUT2D eigenvalue weighted by atomic mass is 10.0. The van der Waals surface area contributed by atoms with Gasteiger partial charge < -0.3 is 19.5 Å². The Balaban J connectivity index is 1.53. The number of carbonyl (C=O) groups is 1. The highest BCUT2D eigenvalue weighted by atomic mass is 32.2. The molecule has 3 aliphatic rings. The first-order valence-corrected chi connectivity index (χ1v) is 14.3. The van der Waals surface area contributed by atoms with E-state index in [-0.39, 0.29) is 29.9 Å². The molecule has 0 aliphatic carbocycles. The van der Waals surface area contributed by atoms with Crippen molar-refractivity contribution in [3.8, 4) is 17.6 Å². The molecule has 1 aromatic carbocycles. The maximum absolute atomic E-state index is 13.4. The highest BCUT2D eigenvalue weighted by Gasteiger charge is 2.35. The Morgan fingerprint density at radius 1 is 1.28 bits per heavy atom. The summed E-state index contributed by atoms with van der Waals surface area (Å²) in [6, 6.07) is 7.77. The molecule has 11 heteroatoms. The van der Waals surface area contributed by atoms with Crippen molar-refractivity contribution < 1.29 is 19.0 Å². The molecule has 0 radical (unpaired) electrons. The molecular weight excluding hydrogens is 536 g/mol. The van der Waals surface area contributed by atoms with E-state index in [0.717, 1.165) is 31.2 Å². The maximum atomic E-state index is 13.4. The lowest BCUT2D eigenvalue weighted by Crippen LogP contribution is -2.35. The Bertz CT molecular complexity index is 1440. The van der Waals surface area contributed by atoms with Crippen LogP contribution in [-0.2, 0) is 22.6 Å².